The molecule has 0 bridgehead atoms. The maximum Gasteiger partial charge on any atom is 0.194 e. The highest BCUT2D eigenvalue weighted by molar-refractivity contribution is 5.80. The van der Waals surface area contributed by atoms with E-state index in [2.05, 4.69) is 57.3 Å². The van der Waals surface area contributed by atoms with E-state index in [0.717, 1.165) is 37.1 Å². The number of nitrogens with one attached hydrogen (secondary N) is 1. The van der Waals surface area contributed by atoms with E-state index in [1.54, 1.807) is 0 Å². The van der Waals surface area contributed by atoms with Gasteiger partial charge in [0.15, 0.2) is 11.8 Å². The number of aromatic nitrogens is 3. The Morgan fingerprint density at radius 3 is 2.85 bits per heavy atom. The van der Waals surface area contributed by atoms with Crippen LogP contribution in [0.3, 0.4) is 0 Å². The second-order valence-corrected chi connectivity index (χ2v) is 6.82. The highest BCUT2D eigenvalue weighted by Gasteiger charge is 2.25. The van der Waals surface area contributed by atoms with Gasteiger partial charge in [0.2, 0.25) is 0 Å². The molecule has 0 aliphatic carbocycles. The van der Waals surface area contributed by atoms with Crippen molar-refractivity contribution < 1.29 is 0 Å². The molecule has 1 saturated heterocycles. The van der Waals surface area contributed by atoms with Gasteiger partial charge in [0.25, 0.3) is 0 Å². The Morgan fingerprint density at radius 1 is 1.35 bits per heavy atom. The first-order valence-corrected chi connectivity index (χ1v) is 9.20. The molecule has 2 heterocycles. The number of benzene rings is 1. The van der Waals surface area contributed by atoms with Crippen LogP contribution in [0, 0.1) is 12.8 Å². The van der Waals surface area contributed by atoms with Gasteiger partial charge in [0.05, 0.1) is 0 Å². The van der Waals surface area contributed by atoms with Crippen molar-refractivity contribution in [1.29, 1.82) is 0 Å². The van der Waals surface area contributed by atoms with Crippen LogP contribution in [0.5, 0.6) is 0 Å². The van der Waals surface area contributed by atoms with Gasteiger partial charge in [-0.15, -0.1) is 16.8 Å². The molecular formula is C20H28N6. The molecule has 6 nitrogen and oxygen atoms in total. The van der Waals surface area contributed by atoms with Gasteiger partial charge < -0.3 is 14.8 Å². The molecule has 1 aliphatic heterocycles. The van der Waals surface area contributed by atoms with Gasteiger partial charge >= 0.3 is 0 Å². The van der Waals surface area contributed by atoms with E-state index in [4.69, 9.17) is 4.99 Å². The number of aryl methyl sites for hydroxylation is 1. The molecule has 0 spiro atoms. The summed E-state index contributed by atoms with van der Waals surface area (Å²) in [7, 11) is 1.97. The largest absolute Gasteiger partial charge is 0.353 e. The fraction of sp³-hybridized carbons (Fsp3) is 0.450. The van der Waals surface area contributed by atoms with Crippen LogP contribution in [0.2, 0.25) is 0 Å². The molecule has 6 heteroatoms. The van der Waals surface area contributed by atoms with Crippen molar-refractivity contribution >= 4 is 5.96 Å². The predicted octanol–water partition coefficient (Wildman–Crippen LogP) is 2.32. The Balaban J connectivity index is 1.64. The molecule has 3 rings (SSSR count). The molecule has 0 radical (unpaired) electrons. The number of likely N-dealkylation sites (tertiary alicyclic amines) is 1. The van der Waals surface area contributed by atoms with E-state index in [0.29, 0.717) is 19.0 Å². The quantitative estimate of drug-likeness (QED) is 0.492. The first-order valence-electron chi connectivity index (χ1n) is 9.20. The van der Waals surface area contributed by atoms with Gasteiger partial charge in [0, 0.05) is 26.7 Å². The monoisotopic (exact) mass is 352 g/mol. The van der Waals surface area contributed by atoms with Gasteiger partial charge in [-0.25, -0.2) is 4.99 Å². The molecule has 1 N–H and O–H groups in total. The van der Waals surface area contributed by atoms with E-state index < -0.39 is 0 Å². The number of hydrogen-bond acceptors (Lipinski definition) is 3. The average Bonchev–Trinajstić information content (AvgIpc) is 3.24. The highest BCUT2D eigenvalue weighted by Crippen LogP contribution is 2.21. The van der Waals surface area contributed by atoms with E-state index >= 15 is 0 Å². The van der Waals surface area contributed by atoms with E-state index in [9.17, 15) is 0 Å². The van der Waals surface area contributed by atoms with Crippen molar-refractivity contribution in [2.24, 2.45) is 18.0 Å². The van der Waals surface area contributed by atoms with Crippen molar-refractivity contribution in [2.45, 2.75) is 26.3 Å². The summed E-state index contributed by atoms with van der Waals surface area (Å²) in [6.45, 7) is 9.03. The van der Waals surface area contributed by atoms with Crippen molar-refractivity contribution in [2.75, 3.05) is 19.6 Å². The Labute approximate surface area is 155 Å². The third kappa shape index (κ3) is 4.50. The van der Waals surface area contributed by atoms with Gasteiger partial charge in [-0.3, -0.25) is 0 Å². The van der Waals surface area contributed by atoms with Crippen molar-refractivity contribution in [1.82, 2.24) is 25.0 Å². The van der Waals surface area contributed by atoms with Gasteiger partial charge in [-0.2, -0.15) is 0 Å². The standard InChI is InChI=1S/C20H28N6/c1-4-11-21-20(22-14-19-24-23-16(2)25(19)3)26-12-10-18(15-26)13-17-8-6-5-7-9-17/h4-9,18H,1,10-15H2,2-3H3,(H,21,22). The van der Waals surface area contributed by atoms with Crippen LogP contribution < -0.4 is 5.32 Å². The molecule has 1 aromatic heterocycles. The van der Waals surface area contributed by atoms with E-state index in [1.165, 1.54) is 12.0 Å². The van der Waals surface area contributed by atoms with Crippen LogP contribution in [0.4, 0.5) is 0 Å². The third-order valence-electron chi connectivity index (χ3n) is 4.91. The average molecular weight is 352 g/mol. The lowest BCUT2D eigenvalue weighted by molar-refractivity contribution is 0.460. The number of hydrogen-bond donors (Lipinski definition) is 1. The van der Waals surface area contributed by atoms with Crippen LogP contribution in [-0.2, 0) is 20.0 Å². The smallest absolute Gasteiger partial charge is 0.194 e. The molecule has 1 aromatic carbocycles. The second kappa shape index (κ2) is 8.65. The van der Waals surface area contributed by atoms with E-state index in [1.807, 2.05) is 24.6 Å². The summed E-state index contributed by atoms with van der Waals surface area (Å²) in [4.78, 5) is 7.14. The fourth-order valence-corrected chi connectivity index (χ4v) is 3.30. The fourth-order valence-electron chi connectivity index (χ4n) is 3.30. The first-order chi connectivity index (χ1) is 12.7. The number of rotatable bonds is 6. The Bertz CT molecular complexity index is 749. The summed E-state index contributed by atoms with van der Waals surface area (Å²) in [5.74, 6) is 3.37. The molecule has 1 aliphatic rings. The molecule has 1 unspecified atom stereocenters. The summed E-state index contributed by atoms with van der Waals surface area (Å²) in [5, 5.41) is 11.7. The lowest BCUT2D eigenvalue weighted by Gasteiger charge is -2.21. The Kier molecular flexibility index (Phi) is 6.04. The molecule has 2 aromatic rings. The number of guanidine groups is 1. The van der Waals surface area contributed by atoms with Crippen molar-refractivity contribution in [3.8, 4) is 0 Å². The predicted molar refractivity (Wildman–Crippen MR) is 105 cm³/mol. The van der Waals surface area contributed by atoms with Crippen molar-refractivity contribution in [3.05, 3.63) is 60.2 Å². The summed E-state index contributed by atoms with van der Waals surface area (Å²) >= 11 is 0. The van der Waals surface area contributed by atoms with Crippen LogP contribution in [-0.4, -0.2) is 45.3 Å². The molecule has 138 valence electrons. The topological polar surface area (TPSA) is 58.3 Å². The molecule has 0 amide bonds. The molecule has 0 saturated carbocycles. The minimum absolute atomic E-state index is 0.524. The summed E-state index contributed by atoms with van der Waals surface area (Å²) in [6.07, 6.45) is 4.17. The SMILES string of the molecule is C=CCNC(=NCc1nnc(C)n1C)N1CCC(Cc2ccccc2)C1. The van der Waals surface area contributed by atoms with E-state index in [-0.39, 0.29) is 0 Å². The number of aliphatic imine (C=N–C) groups is 1. The molecular weight excluding hydrogens is 324 g/mol. The Morgan fingerprint density at radius 2 is 2.15 bits per heavy atom. The lowest BCUT2D eigenvalue weighted by atomic mass is 9.99. The maximum absolute atomic E-state index is 4.79. The zero-order valence-corrected chi connectivity index (χ0v) is 15.7. The van der Waals surface area contributed by atoms with Crippen LogP contribution >= 0.6 is 0 Å². The summed E-state index contributed by atoms with van der Waals surface area (Å²) < 4.78 is 1.98. The summed E-state index contributed by atoms with van der Waals surface area (Å²) in [5.41, 5.74) is 1.41. The van der Waals surface area contributed by atoms with Crippen LogP contribution in [0.1, 0.15) is 23.6 Å². The minimum Gasteiger partial charge on any atom is -0.353 e. The third-order valence-corrected chi connectivity index (χ3v) is 4.91. The minimum atomic E-state index is 0.524. The van der Waals surface area contributed by atoms with Gasteiger partial charge in [0.1, 0.15) is 12.4 Å². The second-order valence-electron chi connectivity index (χ2n) is 6.82. The Hall–Kier alpha value is -2.63. The lowest BCUT2D eigenvalue weighted by Crippen LogP contribution is -2.40. The van der Waals surface area contributed by atoms with Gasteiger partial charge in [-0.1, -0.05) is 36.4 Å². The summed E-state index contributed by atoms with van der Waals surface area (Å²) in [6, 6.07) is 10.7. The van der Waals surface area contributed by atoms with Crippen LogP contribution in [0.25, 0.3) is 0 Å². The van der Waals surface area contributed by atoms with Gasteiger partial charge in [-0.05, 0) is 31.2 Å². The zero-order valence-electron chi connectivity index (χ0n) is 15.7. The normalized spacial score (nSPS) is 17.5. The first kappa shape index (κ1) is 18.2. The van der Waals surface area contributed by atoms with Crippen molar-refractivity contribution in [3.63, 3.8) is 0 Å². The molecule has 26 heavy (non-hydrogen) atoms. The van der Waals surface area contributed by atoms with Crippen LogP contribution in [0.15, 0.2) is 48.0 Å². The highest BCUT2D eigenvalue weighted by atomic mass is 15.3. The molecule has 1 atom stereocenters. The molecule has 1 fully saturated rings. The zero-order chi connectivity index (χ0) is 18.4. The maximum atomic E-state index is 4.79. The number of nitrogens with zero attached hydrogens (tertiary/aromatic N) is 5.